The summed E-state index contributed by atoms with van der Waals surface area (Å²) in [5.41, 5.74) is 2.31. The van der Waals surface area contributed by atoms with E-state index in [4.69, 9.17) is 11.6 Å². The molecule has 0 spiro atoms. The summed E-state index contributed by atoms with van der Waals surface area (Å²) in [7, 11) is 0. The molecule has 2 aromatic heterocycles. The van der Waals surface area contributed by atoms with Crippen molar-refractivity contribution in [1.29, 1.82) is 10.5 Å². The molecule has 27 heavy (non-hydrogen) atoms. The number of aromatic nitrogens is 1. The first-order chi connectivity index (χ1) is 13.1. The zero-order chi connectivity index (χ0) is 19.1. The Bertz CT molecular complexity index is 1270. The lowest BCUT2D eigenvalue weighted by Gasteiger charge is -2.12. The Hall–Kier alpha value is -3.32. The van der Waals surface area contributed by atoms with Gasteiger partial charge in [0.05, 0.1) is 37.9 Å². The van der Waals surface area contributed by atoms with E-state index in [9.17, 15) is 20.0 Å². The van der Waals surface area contributed by atoms with Crippen molar-refractivity contribution in [2.45, 2.75) is 0 Å². The van der Waals surface area contributed by atoms with Crippen LogP contribution >= 0.6 is 22.9 Å². The van der Waals surface area contributed by atoms with Gasteiger partial charge in [-0.15, -0.1) is 11.3 Å². The van der Waals surface area contributed by atoms with E-state index in [1.54, 1.807) is 34.2 Å². The van der Waals surface area contributed by atoms with Gasteiger partial charge < -0.3 is 9.67 Å². The van der Waals surface area contributed by atoms with Gasteiger partial charge in [-0.05, 0) is 23.6 Å². The third-order valence-electron chi connectivity index (χ3n) is 4.25. The molecule has 0 atom stereocenters. The maximum absolute atomic E-state index is 14.2. The first kappa shape index (κ1) is 17.1. The minimum absolute atomic E-state index is 0.140. The molecule has 0 aliphatic heterocycles. The number of thiophene rings is 1. The van der Waals surface area contributed by atoms with Crippen LogP contribution in [0.15, 0.2) is 47.8 Å². The quantitative estimate of drug-likeness (QED) is 0.481. The third kappa shape index (κ3) is 2.55. The van der Waals surface area contributed by atoms with Crippen molar-refractivity contribution in [3.63, 3.8) is 0 Å². The fourth-order valence-electron chi connectivity index (χ4n) is 3.10. The average molecular weight is 394 g/mol. The Morgan fingerprint density at radius 3 is 2.59 bits per heavy atom. The van der Waals surface area contributed by atoms with Gasteiger partial charge in [0, 0.05) is 11.5 Å². The van der Waals surface area contributed by atoms with Crippen LogP contribution in [0.25, 0.3) is 27.2 Å². The van der Waals surface area contributed by atoms with Crippen LogP contribution in [0, 0.1) is 28.5 Å². The predicted octanol–water partition coefficient (Wildman–Crippen LogP) is 5.60. The van der Waals surface area contributed by atoms with Crippen molar-refractivity contribution in [2.24, 2.45) is 0 Å². The van der Waals surface area contributed by atoms with Crippen LogP contribution in [-0.2, 0) is 0 Å². The number of fused-ring (bicyclic) bond motifs is 1. The average Bonchev–Trinajstić information content (AvgIpc) is 3.26. The SMILES string of the molecule is N#Cc1ccsc1-c1c(C#N)c2ccccc2n1-c1cc(F)c(O)c(Cl)c1. The molecular formula is C20H9ClFN3OS. The molecular weight excluding hydrogens is 385 g/mol. The van der Waals surface area contributed by atoms with Gasteiger partial charge in [-0.2, -0.15) is 10.5 Å². The van der Waals surface area contributed by atoms with E-state index < -0.39 is 11.6 Å². The van der Waals surface area contributed by atoms with Gasteiger partial charge in [-0.3, -0.25) is 0 Å². The molecule has 0 amide bonds. The molecule has 0 radical (unpaired) electrons. The van der Waals surface area contributed by atoms with Gasteiger partial charge >= 0.3 is 0 Å². The molecule has 0 fully saturated rings. The molecule has 4 aromatic rings. The molecule has 130 valence electrons. The van der Waals surface area contributed by atoms with E-state index in [1.807, 2.05) is 6.07 Å². The number of rotatable bonds is 2. The number of phenols is 1. The fraction of sp³-hybridized carbons (Fsp3) is 0. The van der Waals surface area contributed by atoms with Gasteiger partial charge in [0.2, 0.25) is 0 Å². The van der Waals surface area contributed by atoms with Crippen LogP contribution in [-0.4, -0.2) is 9.67 Å². The van der Waals surface area contributed by atoms with E-state index in [1.165, 1.54) is 17.4 Å². The van der Waals surface area contributed by atoms with Crippen LogP contribution in [0.1, 0.15) is 11.1 Å². The molecule has 0 saturated carbocycles. The van der Waals surface area contributed by atoms with Crippen molar-refractivity contribution in [2.75, 3.05) is 0 Å². The number of phenolic OH excluding ortho intramolecular Hbond substituents is 1. The maximum atomic E-state index is 14.2. The minimum Gasteiger partial charge on any atom is -0.504 e. The van der Waals surface area contributed by atoms with Gasteiger partial charge in [0.1, 0.15) is 12.1 Å². The summed E-state index contributed by atoms with van der Waals surface area (Å²) in [5.74, 6) is -1.50. The standard InChI is InChI=1S/C20H9ClFN3OS/c21-15-7-12(8-16(22)19(15)26)25-17-4-2-1-3-13(17)14(10-24)18(25)20-11(9-23)5-6-27-20/h1-8,26H. The topological polar surface area (TPSA) is 72.7 Å². The number of hydrogen-bond donors (Lipinski definition) is 1. The summed E-state index contributed by atoms with van der Waals surface area (Å²) in [6.45, 7) is 0. The second kappa shape index (κ2) is 6.44. The lowest BCUT2D eigenvalue weighted by atomic mass is 10.1. The third-order valence-corrected chi connectivity index (χ3v) is 5.46. The Balaban J connectivity index is 2.20. The van der Waals surface area contributed by atoms with Crippen molar-refractivity contribution < 1.29 is 9.50 Å². The van der Waals surface area contributed by atoms with Crippen LogP contribution in [0.2, 0.25) is 5.02 Å². The number of halogens is 2. The largest absolute Gasteiger partial charge is 0.504 e. The van der Waals surface area contributed by atoms with E-state index in [2.05, 4.69) is 12.1 Å². The molecule has 2 aromatic carbocycles. The Labute approximate surface area is 162 Å². The lowest BCUT2D eigenvalue weighted by molar-refractivity contribution is 0.432. The zero-order valence-corrected chi connectivity index (χ0v) is 15.1. The normalized spacial score (nSPS) is 10.7. The second-order valence-electron chi connectivity index (χ2n) is 5.72. The van der Waals surface area contributed by atoms with E-state index in [-0.39, 0.29) is 5.02 Å². The van der Waals surface area contributed by atoms with Crippen molar-refractivity contribution in [1.82, 2.24) is 4.57 Å². The molecule has 4 rings (SSSR count). The lowest BCUT2D eigenvalue weighted by Crippen LogP contribution is -1.99. The second-order valence-corrected chi connectivity index (χ2v) is 7.04. The number of para-hydroxylation sites is 1. The van der Waals surface area contributed by atoms with Crippen molar-refractivity contribution in [3.8, 4) is 34.1 Å². The summed E-state index contributed by atoms with van der Waals surface area (Å²) < 4.78 is 15.9. The van der Waals surface area contributed by atoms with Crippen LogP contribution in [0.5, 0.6) is 5.75 Å². The van der Waals surface area contributed by atoms with Gasteiger partial charge in [-0.25, -0.2) is 4.39 Å². The highest BCUT2D eigenvalue weighted by molar-refractivity contribution is 7.13. The van der Waals surface area contributed by atoms with Crippen molar-refractivity contribution in [3.05, 3.63) is 69.8 Å². The molecule has 0 unspecified atom stereocenters. The zero-order valence-electron chi connectivity index (χ0n) is 13.6. The molecule has 7 heteroatoms. The number of benzene rings is 2. The number of aromatic hydroxyl groups is 1. The maximum Gasteiger partial charge on any atom is 0.170 e. The molecule has 0 bridgehead atoms. The number of hydrogen-bond acceptors (Lipinski definition) is 4. The highest BCUT2D eigenvalue weighted by atomic mass is 35.5. The van der Waals surface area contributed by atoms with E-state index >= 15 is 0 Å². The van der Waals surface area contributed by atoms with Gasteiger partial charge in [-0.1, -0.05) is 29.8 Å². The highest BCUT2D eigenvalue weighted by Crippen LogP contribution is 2.41. The monoisotopic (exact) mass is 393 g/mol. The molecule has 0 aliphatic carbocycles. The minimum atomic E-state index is -0.869. The summed E-state index contributed by atoms with van der Waals surface area (Å²) in [6.07, 6.45) is 0. The first-order valence-corrected chi connectivity index (χ1v) is 9.02. The van der Waals surface area contributed by atoms with Gasteiger partial charge in [0.15, 0.2) is 11.6 Å². The Morgan fingerprint density at radius 2 is 1.89 bits per heavy atom. The van der Waals surface area contributed by atoms with Crippen LogP contribution in [0.3, 0.4) is 0 Å². The van der Waals surface area contributed by atoms with Crippen molar-refractivity contribution >= 4 is 33.8 Å². The Kier molecular flexibility index (Phi) is 4.08. The van der Waals surface area contributed by atoms with E-state index in [0.29, 0.717) is 38.3 Å². The number of nitriles is 2. The smallest absolute Gasteiger partial charge is 0.170 e. The van der Waals surface area contributed by atoms with Gasteiger partial charge in [0.25, 0.3) is 0 Å². The summed E-state index contributed by atoms with van der Waals surface area (Å²) >= 11 is 7.30. The first-order valence-electron chi connectivity index (χ1n) is 7.76. The summed E-state index contributed by atoms with van der Waals surface area (Å²) in [4.78, 5) is 0.606. The van der Waals surface area contributed by atoms with Crippen LogP contribution < -0.4 is 0 Å². The number of nitrogens with zero attached hydrogens (tertiary/aromatic N) is 3. The predicted molar refractivity (Wildman–Crippen MR) is 103 cm³/mol. The Morgan fingerprint density at radius 1 is 1.11 bits per heavy atom. The molecule has 1 N–H and O–H groups in total. The van der Waals surface area contributed by atoms with E-state index in [0.717, 1.165) is 6.07 Å². The molecule has 0 aliphatic rings. The molecule has 4 nitrogen and oxygen atoms in total. The van der Waals surface area contributed by atoms with Crippen LogP contribution in [0.4, 0.5) is 4.39 Å². The molecule has 0 saturated heterocycles. The highest BCUT2D eigenvalue weighted by Gasteiger charge is 2.23. The molecule has 2 heterocycles. The fourth-order valence-corrected chi connectivity index (χ4v) is 4.19. The summed E-state index contributed by atoms with van der Waals surface area (Å²) in [5, 5.41) is 31.2. The summed E-state index contributed by atoms with van der Waals surface area (Å²) in [6, 6.07) is 15.8.